The quantitative estimate of drug-likeness (QED) is 0.741. The van der Waals surface area contributed by atoms with Crippen molar-refractivity contribution in [1.29, 1.82) is 0 Å². The van der Waals surface area contributed by atoms with Crippen LogP contribution in [0.25, 0.3) is 0 Å². The predicted molar refractivity (Wildman–Crippen MR) is 66.1 cm³/mol. The molecule has 0 bridgehead atoms. The predicted octanol–water partition coefficient (Wildman–Crippen LogP) is 0.570. The van der Waals surface area contributed by atoms with Gasteiger partial charge >= 0.3 is 0 Å². The lowest BCUT2D eigenvalue weighted by Crippen LogP contribution is -2.52. The topological polar surface area (TPSA) is 58.4 Å². The molecule has 1 aliphatic heterocycles. The van der Waals surface area contributed by atoms with Gasteiger partial charge in [-0.1, -0.05) is 20.8 Å². The molecule has 0 spiro atoms. The summed E-state index contributed by atoms with van der Waals surface area (Å²) in [5.41, 5.74) is 5.85. The normalized spacial score (nSPS) is 28.3. The van der Waals surface area contributed by atoms with Crippen molar-refractivity contribution < 1.29 is 4.79 Å². The Hall–Kier alpha value is -0.610. The van der Waals surface area contributed by atoms with Gasteiger partial charge in [-0.05, 0) is 18.8 Å². The average molecular weight is 227 g/mol. The van der Waals surface area contributed by atoms with Crippen LogP contribution in [0.3, 0.4) is 0 Å². The van der Waals surface area contributed by atoms with Gasteiger partial charge in [-0.25, -0.2) is 0 Å². The second kappa shape index (κ2) is 5.15. The number of hydrogen-bond donors (Lipinski definition) is 2. The zero-order valence-electron chi connectivity index (χ0n) is 10.9. The summed E-state index contributed by atoms with van der Waals surface area (Å²) in [6.07, 6.45) is 1.04. The van der Waals surface area contributed by atoms with E-state index in [9.17, 15) is 4.79 Å². The first-order chi connectivity index (χ1) is 7.41. The van der Waals surface area contributed by atoms with Crippen LogP contribution < -0.4 is 11.1 Å². The molecule has 1 amide bonds. The lowest BCUT2D eigenvalue weighted by Gasteiger charge is -2.36. The molecule has 1 saturated heterocycles. The number of carbonyl (C=O) groups is 1. The lowest BCUT2D eigenvalue weighted by molar-refractivity contribution is -0.125. The molecule has 0 aromatic carbocycles. The van der Waals surface area contributed by atoms with Crippen molar-refractivity contribution in [1.82, 2.24) is 10.2 Å². The summed E-state index contributed by atoms with van der Waals surface area (Å²) in [6.45, 7) is 10.7. The van der Waals surface area contributed by atoms with Crippen LogP contribution in [0.1, 0.15) is 34.1 Å². The molecular weight excluding hydrogens is 202 g/mol. The SMILES string of the molecule is CCC(C)N1CC(C)(C)CNC(=O)C1CN. The minimum atomic E-state index is -0.170. The molecular formula is C12H25N3O. The van der Waals surface area contributed by atoms with E-state index in [0.717, 1.165) is 19.5 Å². The van der Waals surface area contributed by atoms with Crippen LogP contribution >= 0.6 is 0 Å². The standard InChI is InChI=1S/C12H25N3O/c1-5-9(2)15-8-12(3,4)7-14-11(16)10(15)6-13/h9-10H,5-8,13H2,1-4H3,(H,14,16). The van der Waals surface area contributed by atoms with Gasteiger partial charge in [-0.3, -0.25) is 9.69 Å². The van der Waals surface area contributed by atoms with Crippen LogP contribution in [0, 0.1) is 5.41 Å². The minimum Gasteiger partial charge on any atom is -0.354 e. The van der Waals surface area contributed by atoms with E-state index in [0.29, 0.717) is 12.6 Å². The summed E-state index contributed by atoms with van der Waals surface area (Å²) in [5, 5.41) is 2.98. The number of hydrogen-bond acceptors (Lipinski definition) is 3. The number of amides is 1. The van der Waals surface area contributed by atoms with E-state index in [2.05, 4.69) is 37.9 Å². The van der Waals surface area contributed by atoms with Crippen molar-refractivity contribution in [2.24, 2.45) is 11.1 Å². The molecule has 4 heteroatoms. The molecule has 1 aliphatic rings. The Bertz CT molecular complexity index is 253. The van der Waals surface area contributed by atoms with Crippen LogP contribution in [-0.2, 0) is 4.79 Å². The van der Waals surface area contributed by atoms with E-state index < -0.39 is 0 Å². The van der Waals surface area contributed by atoms with Crippen molar-refractivity contribution in [2.75, 3.05) is 19.6 Å². The van der Waals surface area contributed by atoms with Crippen LogP contribution in [0.15, 0.2) is 0 Å². The Morgan fingerprint density at radius 3 is 2.75 bits per heavy atom. The lowest BCUT2D eigenvalue weighted by atomic mass is 9.92. The highest BCUT2D eigenvalue weighted by Crippen LogP contribution is 2.23. The van der Waals surface area contributed by atoms with Gasteiger partial charge in [0.15, 0.2) is 0 Å². The summed E-state index contributed by atoms with van der Waals surface area (Å²) >= 11 is 0. The summed E-state index contributed by atoms with van der Waals surface area (Å²) in [5.74, 6) is 0.0772. The van der Waals surface area contributed by atoms with E-state index in [1.54, 1.807) is 0 Å². The molecule has 3 N–H and O–H groups in total. The fraction of sp³-hybridized carbons (Fsp3) is 0.917. The summed E-state index contributed by atoms with van der Waals surface area (Å²) < 4.78 is 0. The van der Waals surface area contributed by atoms with Gasteiger partial charge in [-0.15, -0.1) is 0 Å². The maximum Gasteiger partial charge on any atom is 0.238 e. The Balaban J connectivity index is 2.91. The van der Waals surface area contributed by atoms with E-state index in [1.165, 1.54) is 0 Å². The first-order valence-electron chi connectivity index (χ1n) is 6.15. The molecule has 0 aromatic rings. The molecule has 2 unspecified atom stereocenters. The highest BCUT2D eigenvalue weighted by molar-refractivity contribution is 5.82. The van der Waals surface area contributed by atoms with Crippen molar-refractivity contribution in [3.63, 3.8) is 0 Å². The molecule has 2 atom stereocenters. The van der Waals surface area contributed by atoms with Crippen molar-refractivity contribution in [2.45, 2.75) is 46.2 Å². The van der Waals surface area contributed by atoms with E-state index in [1.807, 2.05) is 0 Å². The van der Waals surface area contributed by atoms with Crippen molar-refractivity contribution >= 4 is 5.91 Å². The molecule has 0 aliphatic carbocycles. The smallest absolute Gasteiger partial charge is 0.238 e. The van der Waals surface area contributed by atoms with Gasteiger partial charge in [0.25, 0.3) is 0 Å². The van der Waals surface area contributed by atoms with Crippen LogP contribution in [0.5, 0.6) is 0 Å². The fourth-order valence-electron chi connectivity index (χ4n) is 2.20. The third-order valence-electron chi connectivity index (χ3n) is 3.43. The van der Waals surface area contributed by atoms with Crippen LogP contribution in [0.2, 0.25) is 0 Å². The number of nitrogens with zero attached hydrogens (tertiary/aromatic N) is 1. The van der Waals surface area contributed by atoms with E-state index in [-0.39, 0.29) is 17.4 Å². The molecule has 4 nitrogen and oxygen atoms in total. The number of nitrogens with one attached hydrogen (secondary N) is 1. The van der Waals surface area contributed by atoms with E-state index >= 15 is 0 Å². The Labute approximate surface area is 98.6 Å². The fourth-order valence-corrected chi connectivity index (χ4v) is 2.20. The zero-order valence-corrected chi connectivity index (χ0v) is 10.9. The highest BCUT2D eigenvalue weighted by atomic mass is 16.2. The molecule has 94 valence electrons. The largest absolute Gasteiger partial charge is 0.354 e. The van der Waals surface area contributed by atoms with Crippen molar-refractivity contribution in [3.05, 3.63) is 0 Å². The van der Waals surface area contributed by atoms with Gasteiger partial charge in [0.1, 0.15) is 6.04 Å². The average Bonchev–Trinajstić information content (AvgIpc) is 2.35. The molecule has 16 heavy (non-hydrogen) atoms. The van der Waals surface area contributed by atoms with Crippen molar-refractivity contribution in [3.8, 4) is 0 Å². The third kappa shape index (κ3) is 2.95. The first-order valence-corrected chi connectivity index (χ1v) is 6.15. The summed E-state index contributed by atoms with van der Waals surface area (Å²) in [6, 6.07) is 0.230. The monoisotopic (exact) mass is 227 g/mol. The zero-order chi connectivity index (χ0) is 12.3. The van der Waals surface area contributed by atoms with Gasteiger partial charge in [0.05, 0.1) is 0 Å². The molecule has 0 radical (unpaired) electrons. The minimum absolute atomic E-state index is 0.0772. The van der Waals surface area contributed by atoms with Gasteiger partial charge in [0.2, 0.25) is 5.91 Å². The number of nitrogens with two attached hydrogens (primary N) is 1. The highest BCUT2D eigenvalue weighted by Gasteiger charge is 2.36. The molecule has 0 saturated carbocycles. The second-order valence-electron chi connectivity index (χ2n) is 5.56. The molecule has 1 fully saturated rings. The number of carbonyl (C=O) groups excluding carboxylic acids is 1. The van der Waals surface area contributed by atoms with Crippen LogP contribution in [-0.4, -0.2) is 42.5 Å². The maximum atomic E-state index is 11.9. The third-order valence-corrected chi connectivity index (χ3v) is 3.43. The summed E-state index contributed by atoms with van der Waals surface area (Å²) in [7, 11) is 0. The number of rotatable bonds is 3. The van der Waals surface area contributed by atoms with Crippen LogP contribution in [0.4, 0.5) is 0 Å². The maximum absolute atomic E-state index is 11.9. The molecule has 1 heterocycles. The summed E-state index contributed by atoms with van der Waals surface area (Å²) in [4.78, 5) is 14.2. The van der Waals surface area contributed by atoms with Gasteiger partial charge < -0.3 is 11.1 Å². The first kappa shape index (κ1) is 13.5. The molecule has 0 aromatic heterocycles. The Kier molecular flexibility index (Phi) is 4.33. The Morgan fingerprint density at radius 2 is 2.25 bits per heavy atom. The Morgan fingerprint density at radius 1 is 1.62 bits per heavy atom. The van der Waals surface area contributed by atoms with Gasteiger partial charge in [-0.2, -0.15) is 0 Å². The van der Waals surface area contributed by atoms with Gasteiger partial charge in [0, 0.05) is 25.7 Å². The van der Waals surface area contributed by atoms with E-state index in [4.69, 9.17) is 5.73 Å². The molecule has 1 rings (SSSR count). The second-order valence-corrected chi connectivity index (χ2v) is 5.56.